The molecule has 1 saturated heterocycles. The highest BCUT2D eigenvalue weighted by Crippen LogP contribution is 2.43. The fourth-order valence-electron chi connectivity index (χ4n) is 3.61. The van der Waals surface area contributed by atoms with E-state index in [0.29, 0.717) is 0 Å². The fourth-order valence-corrected chi connectivity index (χ4v) is 3.61. The molecule has 2 atom stereocenters. The highest BCUT2D eigenvalue weighted by Gasteiger charge is 2.50. The Labute approximate surface area is 145 Å². The number of carbonyl (C=O) groups is 3. The van der Waals surface area contributed by atoms with Gasteiger partial charge in [-0.05, 0) is 11.6 Å². The van der Waals surface area contributed by atoms with E-state index in [-0.39, 0.29) is 18.7 Å². The Balaban J connectivity index is 2.13. The molecular formula is C16H15F3N2O5. The highest BCUT2D eigenvalue weighted by atomic mass is 19.4. The van der Waals surface area contributed by atoms with Crippen LogP contribution in [0.2, 0.25) is 0 Å². The number of fused-ring (bicyclic) bond motifs is 3. The highest BCUT2D eigenvalue weighted by molar-refractivity contribution is 6.00. The summed E-state index contributed by atoms with van der Waals surface area (Å²) in [5, 5.41) is 9.22. The number of carboxylic acid groups (broad SMARTS) is 1. The Morgan fingerprint density at radius 1 is 1.31 bits per heavy atom. The zero-order valence-corrected chi connectivity index (χ0v) is 13.6. The lowest BCUT2D eigenvalue weighted by Gasteiger charge is -2.38. The Morgan fingerprint density at radius 2 is 2.00 bits per heavy atom. The van der Waals surface area contributed by atoms with Crippen molar-refractivity contribution in [2.45, 2.75) is 18.1 Å². The van der Waals surface area contributed by atoms with Gasteiger partial charge in [0.1, 0.15) is 6.54 Å². The second kappa shape index (κ2) is 6.19. The Kier molecular flexibility index (Phi) is 4.29. The third-order valence-corrected chi connectivity index (χ3v) is 4.76. The van der Waals surface area contributed by atoms with Crippen molar-refractivity contribution in [3.63, 3.8) is 0 Å². The van der Waals surface area contributed by atoms with Crippen LogP contribution in [0.25, 0.3) is 0 Å². The molecule has 0 saturated carbocycles. The first kappa shape index (κ1) is 18.0. The number of nitrogens with zero attached hydrogens (tertiary/aromatic N) is 2. The molecular weight excluding hydrogens is 357 g/mol. The molecule has 3 rings (SSSR count). The second-order valence-electron chi connectivity index (χ2n) is 6.14. The molecule has 0 aromatic heterocycles. The smallest absolute Gasteiger partial charge is 0.417 e. The Morgan fingerprint density at radius 3 is 2.58 bits per heavy atom. The molecule has 0 bridgehead atoms. The third kappa shape index (κ3) is 2.85. The minimum absolute atomic E-state index is 0.0563. The number of benzene rings is 1. The number of halogens is 3. The number of methoxy groups -OCH3 is 1. The second-order valence-corrected chi connectivity index (χ2v) is 6.14. The van der Waals surface area contributed by atoms with E-state index in [4.69, 9.17) is 0 Å². The van der Waals surface area contributed by atoms with Crippen molar-refractivity contribution < 1.29 is 37.4 Å². The molecule has 2 aliphatic heterocycles. The van der Waals surface area contributed by atoms with Gasteiger partial charge in [-0.15, -0.1) is 0 Å². The lowest BCUT2D eigenvalue weighted by atomic mass is 9.82. The molecule has 0 spiro atoms. The van der Waals surface area contributed by atoms with Gasteiger partial charge in [-0.2, -0.15) is 13.2 Å². The van der Waals surface area contributed by atoms with Crippen LogP contribution < -0.4 is 0 Å². The van der Waals surface area contributed by atoms with Crippen molar-refractivity contribution >= 4 is 18.0 Å². The summed E-state index contributed by atoms with van der Waals surface area (Å²) >= 11 is 0. The summed E-state index contributed by atoms with van der Waals surface area (Å²) in [7, 11) is 1.10. The van der Waals surface area contributed by atoms with Gasteiger partial charge in [0.2, 0.25) is 0 Å². The van der Waals surface area contributed by atoms with Crippen molar-refractivity contribution in [1.29, 1.82) is 0 Å². The molecule has 1 aromatic rings. The van der Waals surface area contributed by atoms with Crippen LogP contribution in [0.3, 0.4) is 0 Å². The molecule has 140 valence electrons. The number of carbonyl (C=O) groups excluding carboxylic acids is 2. The van der Waals surface area contributed by atoms with Crippen molar-refractivity contribution in [2.75, 3.05) is 26.7 Å². The summed E-state index contributed by atoms with van der Waals surface area (Å²) in [6, 6.07) is 2.68. The quantitative estimate of drug-likeness (QED) is 0.800. The molecule has 7 nitrogen and oxygen atoms in total. The molecule has 10 heteroatoms. The Hall–Kier alpha value is -2.78. The minimum atomic E-state index is -4.75. The van der Waals surface area contributed by atoms with Gasteiger partial charge in [0.05, 0.1) is 24.3 Å². The third-order valence-electron chi connectivity index (χ3n) is 4.76. The maximum atomic E-state index is 13.4. The van der Waals surface area contributed by atoms with E-state index in [1.807, 2.05) is 0 Å². The zero-order valence-electron chi connectivity index (χ0n) is 13.6. The van der Waals surface area contributed by atoms with Crippen LogP contribution in [-0.2, 0) is 15.7 Å². The maximum absolute atomic E-state index is 13.4. The number of alkyl halides is 3. The van der Waals surface area contributed by atoms with E-state index in [1.54, 1.807) is 0 Å². The molecule has 26 heavy (non-hydrogen) atoms. The van der Waals surface area contributed by atoms with E-state index < -0.39 is 53.8 Å². The Bertz CT molecular complexity index is 780. The van der Waals surface area contributed by atoms with E-state index in [9.17, 15) is 32.7 Å². The van der Waals surface area contributed by atoms with Crippen LogP contribution in [0.15, 0.2) is 18.2 Å². The normalized spacial score (nSPS) is 22.1. The lowest BCUT2D eigenvalue weighted by Crippen LogP contribution is -2.51. The summed E-state index contributed by atoms with van der Waals surface area (Å²) in [5.74, 6) is -2.39. The standard InChI is InChI=1S/C16H15F3N2O5/c1-26-12(22)7-21-11-6-20(15(24)25)5-9(11)8-3-2-4-10(16(17,18)19)13(8)14(21)23/h2-4,9,11H,5-7H2,1H3,(H,24,25). The van der Waals surface area contributed by atoms with Crippen LogP contribution in [0, 0.1) is 0 Å². The van der Waals surface area contributed by atoms with E-state index >= 15 is 0 Å². The molecule has 1 N–H and O–H groups in total. The predicted molar refractivity (Wildman–Crippen MR) is 80.6 cm³/mol. The lowest BCUT2D eigenvalue weighted by molar-refractivity contribution is -0.141. The summed E-state index contributed by atoms with van der Waals surface area (Å²) < 4.78 is 44.7. The summed E-state index contributed by atoms with van der Waals surface area (Å²) in [6.45, 7) is -0.687. The van der Waals surface area contributed by atoms with Gasteiger partial charge >= 0.3 is 18.2 Å². The van der Waals surface area contributed by atoms with Gasteiger partial charge in [-0.3, -0.25) is 9.59 Å². The number of rotatable bonds is 2. The molecule has 2 amide bonds. The van der Waals surface area contributed by atoms with E-state index in [2.05, 4.69) is 4.74 Å². The average Bonchev–Trinajstić information content (AvgIpc) is 3.02. The first-order valence-electron chi connectivity index (χ1n) is 7.71. The number of hydrogen-bond acceptors (Lipinski definition) is 4. The fraction of sp³-hybridized carbons (Fsp3) is 0.438. The van der Waals surface area contributed by atoms with Crippen molar-refractivity contribution in [3.8, 4) is 0 Å². The molecule has 1 aromatic carbocycles. The first-order chi connectivity index (χ1) is 12.1. The largest absolute Gasteiger partial charge is 0.468 e. The summed E-state index contributed by atoms with van der Waals surface area (Å²) in [6.07, 6.45) is -5.99. The number of esters is 1. The molecule has 2 aliphatic rings. The SMILES string of the molecule is COC(=O)CN1C(=O)c2c(cccc2C(F)(F)F)C2CN(C(=O)O)CC21. The zero-order chi connectivity index (χ0) is 19.2. The molecule has 1 fully saturated rings. The number of hydrogen-bond donors (Lipinski definition) is 1. The number of amides is 2. The minimum Gasteiger partial charge on any atom is -0.468 e. The van der Waals surface area contributed by atoms with Crippen LogP contribution in [-0.4, -0.2) is 65.7 Å². The van der Waals surface area contributed by atoms with Gasteiger partial charge in [0.15, 0.2) is 0 Å². The van der Waals surface area contributed by atoms with Gasteiger partial charge < -0.3 is 19.6 Å². The van der Waals surface area contributed by atoms with Crippen LogP contribution >= 0.6 is 0 Å². The van der Waals surface area contributed by atoms with Gasteiger partial charge in [-0.25, -0.2) is 4.79 Å². The summed E-state index contributed by atoms with van der Waals surface area (Å²) in [4.78, 5) is 37.8. The van der Waals surface area contributed by atoms with E-state index in [1.165, 1.54) is 12.1 Å². The average molecular weight is 372 g/mol. The van der Waals surface area contributed by atoms with Gasteiger partial charge in [-0.1, -0.05) is 12.1 Å². The summed E-state index contributed by atoms with van der Waals surface area (Å²) in [5.41, 5.74) is -1.47. The number of ether oxygens (including phenoxy) is 1. The van der Waals surface area contributed by atoms with Crippen LogP contribution in [0.4, 0.5) is 18.0 Å². The van der Waals surface area contributed by atoms with Crippen LogP contribution in [0.5, 0.6) is 0 Å². The molecule has 2 unspecified atom stereocenters. The molecule has 2 heterocycles. The van der Waals surface area contributed by atoms with Crippen molar-refractivity contribution in [2.24, 2.45) is 0 Å². The van der Waals surface area contributed by atoms with Gasteiger partial charge in [0, 0.05) is 19.0 Å². The maximum Gasteiger partial charge on any atom is 0.417 e. The van der Waals surface area contributed by atoms with Crippen molar-refractivity contribution in [3.05, 3.63) is 34.9 Å². The topological polar surface area (TPSA) is 87.2 Å². The monoisotopic (exact) mass is 372 g/mol. The molecule has 0 aliphatic carbocycles. The van der Waals surface area contributed by atoms with Crippen molar-refractivity contribution in [1.82, 2.24) is 9.80 Å². The predicted octanol–water partition coefficient (Wildman–Crippen LogP) is 1.78. The number of likely N-dealkylation sites (tertiary alicyclic amines) is 1. The molecule has 0 radical (unpaired) electrons. The van der Waals surface area contributed by atoms with Crippen LogP contribution in [0.1, 0.15) is 27.4 Å². The van der Waals surface area contributed by atoms with Gasteiger partial charge in [0.25, 0.3) is 5.91 Å². The first-order valence-corrected chi connectivity index (χ1v) is 7.71. The van der Waals surface area contributed by atoms with E-state index in [0.717, 1.165) is 23.0 Å².